The number of anilines is 8. The first-order chi connectivity index (χ1) is 34.4. The molecule has 0 atom stereocenters. The van der Waals surface area contributed by atoms with Gasteiger partial charge in [-0.25, -0.2) is 0 Å². The topological polar surface area (TPSA) is 129 Å². The van der Waals surface area contributed by atoms with E-state index in [1.807, 2.05) is 249 Å². The van der Waals surface area contributed by atoms with Gasteiger partial charge >= 0.3 is 34.1 Å². The second-order valence-corrected chi connectivity index (χ2v) is 16.8. The molecule has 8 rings (SSSR count). The maximum Gasteiger partial charge on any atom is 2.00 e. The summed E-state index contributed by atoms with van der Waals surface area (Å²) in [6, 6.07) is 31.6. The van der Waals surface area contributed by atoms with Gasteiger partial charge in [0.1, 0.15) is 0 Å². The minimum absolute atomic E-state index is 0. The molecule has 0 aliphatic heterocycles. The normalized spacial score (nSPS) is 8.41. The van der Waals surface area contributed by atoms with Crippen molar-refractivity contribution in [3.63, 3.8) is 0 Å². The van der Waals surface area contributed by atoms with E-state index in [1.165, 1.54) is 45.5 Å². The van der Waals surface area contributed by atoms with E-state index in [1.54, 1.807) is 99.1 Å². The Kier molecular flexibility index (Phi) is 57.9. The molecular weight excluding hydrogens is 1530 g/mol. The maximum absolute atomic E-state index is 3.90. The van der Waals surface area contributed by atoms with E-state index in [-0.39, 0.29) is 130 Å². The molecule has 2 radical (unpaired) electrons. The fourth-order valence-corrected chi connectivity index (χ4v) is 5.14. The fourth-order valence-electron chi connectivity index (χ4n) is 5.14. The number of hydrogen-bond acceptors (Lipinski definition) is 16. The average molecular weight is 1610 g/mol. The van der Waals surface area contributed by atoms with Crippen molar-refractivity contribution in [1.29, 1.82) is 0 Å². The number of nitrogens with zero attached hydrogens (tertiary/aromatic N) is 16. The van der Waals surface area contributed by atoms with Gasteiger partial charge in [0, 0.05) is 257 Å². The molecule has 0 spiro atoms. The maximum atomic E-state index is 3.90. The van der Waals surface area contributed by atoms with Gasteiger partial charge in [0.2, 0.25) is 0 Å². The van der Waals surface area contributed by atoms with Crippen LogP contribution in [0.3, 0.4) is 0 Å². The third-order valence-corrected chi connectivity index (χ3v) is 9.43. The van der Waals surface area contributed by atoms with Crippen LogP contribution >= 0.6 is 0 Å². The van der Waals surface area contributed by atoms with Crippen molar-refractivity contribution in [2.75, 3.05) is 152 Å². The molecule has 8 heterocycles. The van der Waals surface area contributed by atoms with Gasteiger partial charge in [0.05, 0.1) is 0 Å². The monoisotopic (exact) mass is 1610 g/mol. The van der Waals surface area contributed by atoms with Crippen LogP contribution in [0, 0.1) is 0 Å². The van der Waals surface area contributed by atoms with Crippen molar-refractivity contribution in [2.24, 2.45) is 0 Å². The second kappa shape index (κ2) is 53.2. The number of rotatable bonds is 8. The minimum Gasteiger partial charge on any atom is -1.00 e. The molecule has 0 aliphatic carbocycles. The molecule has 0 aromatic carbocycles. The van der Waals surface area contributed by atoms with E-state index in [0.717, 1.165) is 0 Å². The molecule has 0 aliphatic rings. The Morgan fingerprint density at radius 1 is 0.167 bits per heavy atom. The van der Waals surface area contributed by atoms with Gasteiger partial charge in [-0.15, -0.1) is 0 Å². The van der Waals surface area contributed by atoms with Crippen LogP contribution in [0.5, 0.6) is 0 Å². The summed E-state index contributed by atoms with van der Waals surface area (Å²) in [7, 11) is 32.1. The third kappa shape index (κ3) is 42.5. The smallest absolute Gasteiger partial charge is 1.00 e. The number of hydrogen-bond donors (Lipinski definition) is 0. The Bertz CT molecular complexity index is 1910. The van der Waals surface area contributed by atoms with Gasteiger partial charge in [-0.2, -0.15) is 0 Å². The van der Waals surface area contributed by atoms with Gasteiger partial charge in [-0.1, -0.05) is 0 Å². The summed E-state index contributed by atoms with van der Waals surface area (Å²) in [4.78, 5) is 47.6. The Hall–Kier alpha value is -4.44. The molecule has 78 heavy (non-hydrogen) atoms. The minimum atomic E-state index is 0. The Balaban J connectivity index is -0.000000188. The number of aromatic nitrogens is 8. The first kappa shape index (κ1) is 84.8. The van der Waals surface area contributed by atoms with Crippen molar-refractivity contribution in [2.45, 2.75) is 0 Å². The van der Waals surface area contributed by atoms with Crippen LogP contribution in [0.4, 0.5) is 45.5 Å². The van der Waals surface area contributed by atoms with Crippen molar-refractivity contribution >= 4 is 45.5 Å². The van der Waals surface area contributed by atoms with Crippen LogP contribution < -0.4 is 135 Å². The molecular formula is C56H80Cu2I4N16. The summed E-state index contributed by atoms with van der Waals surface area (Å²) in [5.74, 6) is 0. The molecule has 434 valence electrons. The van der Waals surface area contributed by atoms with Gasteiger partial charge in [-0.3, -0.25) is 39.9 Å². The van der Waals surface area contributed by atoms with Crippen LogP contribution in [0.1, 0.15) is 0 Å². The SMILES string of the molecule is CN(C)c1ccncc1.CN(C)c1ccncc1.CN(C)c1ccncc1.CN(C)c1ccncc1.CN(C)c1ccncc1.CN(C)c1ccncc1.CN(C)c1ccncc1.CN(C)c1ccncc1.[Cu+2].[Cu+2].[I-].[I-].[I-].[I-]. The molecule has 16 nitrogen and oxygen atoms in total. The summed E-state index contributed by atoms with van der Waals surface area (Å²) < 4.78 is 0. The molecule has 0 saturated heterocycles. The predicted octanol–water partition coefficient (Wildman–Crippen LogP) is -2.81. The van der Waals surface area contributed by atoms with Gasteiger partial charge in [-0.05, 0) is 97.1 Å². The number of halogens is 4. The molecule has 0 N–H and O–H groups in total. The molecule has 0 saturated carbocycles. The first-order valence-corrected chi connectivity index (χ1v) is 23.0. The van der Waals surface area contributed by atoms with Crippen molar-refractivity contribution in [3.05, 3.63) is 196 Å². The van der Waals surface area contributed by atoms with Crippen molar-refractivity contribution < 1.29 is 130 Å². The third-order valence-electron chi connectivity index (χ3n) is 9.43. The molecule has 0 bridgehead atoms. The van der Waals surface area contributed by atoms with Crippen LogP contribution in [-0.2, 0) is 34.1 Å². The Labute approximate surface area is 557 Å². The molecule has 0 amide bonds. The second-order valence-electron chi connectivity index (χ2n) is 16.8. The molecule has 22 heteroatoms. The van der Waals surface area contributed by atoms with E-state index in [2.05, 4.69) is 39.9 Å². The van der Waals surface area contributed by atoms with Crippen LogP contribution in [0.15, 0.2) is 196 Å². The summed E-state index contributed by atoms with van der Waals surface area (Å²) in [6.07, 6.45) is 28.6. The zero-order valence-corrected chi connectivity index (χ0v) is 58.3. The van der Waals surface area contributed by atoms with Gasteiger partial charge in [0.15, 0.2) is 0 Å². The number of pyridine rings is 8. The largest absolute Gasteiger partial charge is 2.00 e. The van der Waals surface area contributed by atoms with Crippen LogP contribution in [0.25, 0.3) is 0 Å². The van der Waals surface area contributed by atoms with Gasteiger partial charge < -0.3 is 135 Å². The molecule has 8 aromatic rings. The van der Waals surface area contributed by atoms with E-state index in [9.17, 15) is 0 Å². The van der Waals surface area contributed by atoms with E-state index in [4.69, 9.17) is 0 Å². The quantitative estimate of drug-likeness (QED) is 0.115. The van der Waals surface area contributed by atoms with Crippen LogP contribution in [-0.4, -0.2) is 153 Å². The van der Waals surface area contributed by atoms with E-state index >= 15 is 0 Å². The zero-order chi connectivity index (χ0) is 53.5. The summed E-state index contributed by atoms with van der Waals surface area (Å²) >= 11 is 0. The molecule has 0 unspecified atom stereocenters. The predicted molar refractivity (Wildman–Crippen MR) is 309 cm³/mol. The van der Waals surface area contributed by atoms with E-state index < -0.39 is 0 Å². The Morgan fingerprint density at radius 3 is 0.269 bits per heavy atom. The van der Waals surface area contributed by atoms with Crippen molar-refractivity contribution in [1.82, 2.24) is 39.9 Å². The first-order valence-electron chi connectivity index (χ1n) is 23.0. The van der Waals surface area contributed by atoms with Crippen LogP contribution in [0.2, 0.25) is 0 Å². The van der Waals surface area contributed by atoms with E-state index in [0.29, 0.717) is 0 Å². The molecule has 0 fully saturated rings. The summed E-state index contributed by atoms with van der Waals surface area (Å²) in [6.45, 7) is 0. The van der Waals surface area contributed by atoms with Gasteiger partial charge in [0.25, 0.3) is 0 Å². The summed E-state index contributed by atoms with van der Waals surface area (Å²) in [5.41, 5.74) is 9.48. The average Bonchev–Trinajstić information content (AvgIpc) is 3.42. The zero-order valence-electron chi connectivity index (χ0n) is 47.7. The fraction of sp³-hybridized carbons (Fsp3) is 0.286. The molecule has 8 aromatic heterocycles. The summed E-state index contributed by atoms with van der Waals surface area (Å²) in [5, 5.41) is 0. The standard InChI is InChI=1S/8C7H10N2.2Cu.4HI/c8*1-9(2)7-3-5-8-6-4-7;;;;;;/h8*3-6H,1-2H3;;;4*1H/q;;;;;;;;2*+2;;;;/p-4. The van der Waals surface area contributed by atoms with Crippen molar-refractivity contribution in [3.8, 4) is 0 Å². The Morgan fingerprint density at radius 2 is 0.231 bits per heavy atom.